The van der Waals surface area contributed by atoms with Crippen LogP contribution in [0, 0.1) is 0 Å². The average Bonchev–Trinajstić information content (AvgIpc) is 2.30. The van der Waals surface area contributed by atoms with Crippen LogP contribution in [0.5, 0.6) is 0 Å². The first-order valence-electron chi connectivity index (χ1n) is 3.94. The van der Waals surface area contributed by atoms with Gasteiger partial charge < -0.3 is 0 Å². The molecule has 2 aliphatic rings. The molecule has 0 bridgehead atoms. The van der Waals surface area contributed by atoms with E-state index in [9.17, 15) is 4.21 Å². The zero-order valence-corrected chi connectivity index (χ0v) is 12.3. The van der Waals surface area contributed by atoms with Crippen LogP contribution in [0.2, 0.25) is 0 Å². The third kappa shape index (κ3) is 2.66. The first-order chi connectivity index (χ1) is 6.88. The molecular weight excluding hydrogens is 422 g/mol. The summed E-state index contributed by atoms with van der Waals surface area (Å²) in [6, 6.07) is 0. The van der Waals surface area contributed by atoms with Gasteiger partial charge in [0.05, 0.1) is 10.8 Å². The van der Waals surface area contributed by atoms with E-state index in [1.807, 2.05) is 24.3 Å². The lowest BCUT2D eigenvalue weighted by molar-refractivity contribution is 0.692. The lowest BCUT2D eigenvalue weighted by Crippen LogP contribution is -2.01. The van der Waals surface area contributed by atoms with Gasteiger partial charge in [-0.25, -0.2) is 4.21 Å². The minimum Gasteiger partial charge on any atom is -0.249 e. The highest BCUT2D eigenvalue weighted by molar-refractivity contribution is 14.2. The van der Waals surface area contributed by atoms with E-state index in [1.54, 1.807) is 0 Å². The molecule has 2 aliphatic heterocycles. The molecule has 2 rings (SSSR count). The van der Waals surface area contributed by atoms with E-state index in [2.05, 4.69) is 16.2 Å². The van der Waals surface area contributed by atoms with Crippen LogP contribution in [0.4, 0.5) is 0 Å². The second kappa shape index (κ2) is 5.41. The minimum atomic E-state index is -0.929. The Kier molecular flexibility index (Phi) is 4.18. The van der Waals surface area contributed by atoms with Gasteiger partial charge in [0, 0.05) is 9.81 Å². The normalized spacial score (nSPS) is 19.8. The molecule has 0 radical (unpaired) electrons. The van der Waals surface area contributed by atoms with Crippen molar-refractivity contribution in [3.8, 4) is 0 Å². The highest BCUT2D eigenvalue weighted by Gasteiger charge is 2.09. The van der Waals surface area contributed by atoms with Gasteiger partial charge in [0.2, 0.25) is 0 Å². The smallest absolute Gasteiger partial charge is 0.0858 e. The van der Waals surface area contributed by atoms with E-state index >= 15 is 0 Å². The van der Waals surface area contributed by atoms with E-state index in [0.717, 1.165) is 9.81 Å². The number of hydrogen-bond acceptors (Lipinski definition) is 1. The first-order valence-corrected chi connectivity index (χ1v) is 10.1. The maximum absolute atomic E-state index is 12.0. The summed E-state index contributed by atoms with van der Waals surface area (Å²) in [7, 11) is -0.929. The molecule has 0 amide bonds. The Hall–Kier alpha value is 0.310. The molecule has 74 valence electrons. The van der Waals surface area contributed by atoms with E-state index in [-0.39, 0.29) is 41.5 Å². The van der Waals surface area contributed by atoms with Crippen molar-refractivity contribution in [2.24, 2.45) is 0 Å². The summed E-state index contributed by atoms with van der Waals surface area (Å²) in [6.07, 6.45) is 7.97. The fourth-order valence-electron chi connectivity index (χ4n) is 0.957. The van der Waals surface area contributed by atoms with Gasteiger partial charge in [-0.3, -0.25) is 0 Å². The molecule has 0 spiro atoms. The molecule has 0 saturated heterocycles. The van der Waals surface area contributed by atoms with Crippen LogP contribution in [-0.2, 0) is 10.8 Å². The van der Waals surface area contributed by atoms with Gasteiger partial charge in [-0.2, -0.15) is 0 Å². The predicted molar refractivity (Wildman–Crippen MR) is 82.8 cm³/mol. The fraction of sp³-hybridized carbons (Fsp3) is 0. The lowest BCUT2D eigenvalue weighted by atomic mass is 10.5. The van der Waals surface area contributed by atoms with Crippen molar-refractivity contribution in [3.05, 3.63) is 42.3 Å². The second-order valence-electron chi connectivity index (χ2n) is 2.51. The van der Waals surface area contributed by atoms with E-state index in [0.29, 0.717) is 0 Å². The van der Waals surface area contributed by atoms with Gasteiger partial charge >= 0.3 is 0 Å². The zero-order valence-electron chi connectivity index (χ0n) is 7.19. The predicted octanol–water partition coefficient (Wildman–Crippen LogP) is 3.10. The number of hydrogen-bond donors (Lipinski definition) is 0. The number of allylic oxidation sites excluding steroid dienone is 6. The Morgan fingerprint density at radius 2 is 1.43 bits per heavy atom. The van der Waals surface area contributed by atoms with Crippen LogP contribution < -0.4 is 0 Å². The standard InChI is InChI=1S/C10H8I2OS/c13-14(9-3-1-5-11-7-9)10-4-2-6-12-8-10/h1-8H. The van der Waals surface area contributed by atoms with Crippen LogP contribution in [0.15, 0.2) is 42.3 Å². The van der Waals surface area contributed by atoms with Gasteiger partial charge in [-0.05, 0) is 28.3 Å². The van der Waals surface area contributed by atoms with Gasteiger partial charge in [0.1, 0.15) is 0 Å². The molecule has 2 heterocycles. The van der Waals surface area contributed by atoms with Gasteiger partial charge in [0.25, 0.3) is 0 Å². The Labute approximate surface area is 106 Å². The molecule has 0 aromatic heterocycles. The third-order valence-corrected chi connectivity index (χ3v) is 7.51. The molecule has 1 nitrogen and oxygen atoms in total. The van der Waals surface area contributed by atoms with Crippen molar-refractivity contribution in [3.63, 3.8) is 0 Å². The molecular formula is C10H8I2OS. The quantitative estimate of drug-likeness (QED) is 0.616. The number of rotatable bonds is 2. The van der Waals surface area contributed by atoms with E-state index in [4.69, 9.17) is 0 Å². The van der Waals surface area contributed by atoms with Crippen molar-refractivity contribution >= 4 is 60.3 Å². The third-order valence-electron chi connectivity index (χ3n) is 1.58. The number of halogens is 2. The zero-order chi connectivity index (χ0) is 9.80. The summed E-state index contributed by atoms with van der Waals surface area (Å²) in [4.78, 5) is 1.98. The first kappa shape index (κ1) is 10.8. The van der Waals surface area contributed by atoms with Gasteiger partial charge in [0.15, 0.2) is 0 Å². The minimum absolute atomic E-state index is 0.00130. The Morgan fingerprint density at radius 3 is 1.79 bits per heavy atom. The van der Waals surface area contributed by atoms with Crippen LogP contribution in [-0.4, -0.2) is 12.2 Å². The van der Waals surface area contributed by atoms with E-state index < -0.39 is 10.8 Å². The van der Waals surface area contributed by atoms with Crippen LogP contribution >= 0.6 is 41.5 Å². The average molecular weight is 430 g/mol. The molecule has 0 N–H and O–H groups in total. The summed E-state index contributed by atoms with van der Waals surface area (Å²) in [5.74, 6) is 0. The fourth-order valence-corrected chi connectivity index (χ4v) is 6.30. The van der Waals surface area contributed by atoms with Crippen LogP contribution in [0.3, 0.4) is 0 Å². The van der Waals surface area contributed by atoms with Crippen molar-refractivity contribution in [2.45, 2.75) is 0 Å². The summed E-state index contributed by atoms with van der Waals surface area (Å²) >= 11 is 0.00260. The summed E-state index contributed by atoms with van der Waals surface area (Å²) in [5.41, 5.74) is 0. The molecule has 0 aliphatic carbocycles. The second-order valence-corrected chi connectivity index (χ2v) is 8.12. The maximum Gasteiger partial charge on any atom is 0.0858 e. The molecule has 4 heteroatoms. The Balaban J connectivity index is 2.25. The summed E-state index contributed by atoms with van der Waals surface area (Å²) < 4.78 is 20.7. The Bertz CT molecular complexity index is 399. The SMILES string of the molecule is O=S(C1=CC=CI=C1)C1=CC=CI=C1. The van der Waals surface area contributed by atoms with Gasteiger partial charge in [-0.15, -0.1) is 0 Å². The van der Waals surface area contributed by atoms with E-state index in [1.165, 1.54) is 0 Å². The molecule has 0 unspecified atom stereocenters. The molecule has 0 aromatic rings. The highest BCUT2D eigenvalue weighted by atomic mass is 127. The lowest BCUT2D eigenvalue weighted by Gasteiger charge is -2.05. The van der Waals surface area contributed by atoms with Crippen LogP contribution in [0.25, 0.3) is 0 Å². The monoisotopic (exact) mass is 430 g/mol. The van der Waals surface area contributed by atoms with Crippen molar-refractivity contribution in [1.82, 2.24) is 0 Å². The summed E-state index contributed by atoms with van der Waals surface area (Å²) in [5, 5.41) is 0. The van der Waals surface area contributed by atoms with Crippen molar-refractivity contribution in [2.75, 3.05) is 0 Å². The highest BCUT2D eigenvalue weighted by Crippen LogP contribution is 2.20. The topological polar surface area (TPSA) is 17.1 Å². The van der Waals surface area contributed by atoms with Crippen LogP contribution in [0.1, 0.15) is 0 Å². The van der Waals surface area contributed by atoms with Gasteiger partial charge in [-0.1, -0.05) is 53.6 Å². The maximum atomic E-state index is 12.0. The molecule has 0 aromatic carbocycles. The Morgan fingerprint density at radius 1 is 0.929 bits per heavy atom. The molecule has 0 fully saturated rings. The summed E-state index contributed by atoms with van der Waals surface area (Å²) in [6.45, 7) is 0. The largest absolute Gasteiger partial charge is 0.249 e. The molecule has 0 saturated carbocycles. The van der Waals surface area contributed by atoms with Crippen molar-refractivity contribution in [1.29, 1.82) is 0 Å². The molecule has 0 atom stereocenters. The molecule has 14 heavy (non-hydrogen) atoms. The van der Waals surface area contributed by atoms with Crippen molar-refractivity contribution < 1.29 is 4.21 Å².